The highest BCUT2D eigenvalue weighted by Crippen LogP contribution is 2.13. The smallest absolute Gasteiger partial charge is 0.331 e. The van der Waals surface area contributed by atoms with E-state index >= 15 is 0 Å². The Balaban J connectivity index is 1.82. The molecular weight excluding hydrogens is 396 g/mol. The quantitative estimate of drug-likeness (QED) is 0.492. The van der Waals surface area contributed by atoms with Gasteiger partial charge in [-0.2, -0.15) is 0 Å². The third-order valence-electron chi connectivity index (χ3n) is 4.34. The maximum atomic E-state index is 12.4. The molecule has 0 unspecified atom stereocenters. The summed E-state index contributed by atoms with van der Waals surface area (Å²) >= 11 is 0. The number of carbonyl (C=O) groups is 3. The van der Waals surface area contributed by atoms with E-state index in [0.29, 0.717) is 12.3 Å². The van der Waals surface area contributed by atoms with Crippen LogP contribution in [0, 0.1) is 6.92 Å². The van der Waals surface area contributed by atoms with E-state index in [9.17, 15) is 14.4 Å². The van der Waals surface area contributed by atoms with Crippen LogP contribution in [0.3, 0.4) is 0 Å². The molecule has 2 aromatic carbocycles. The molecule has 7 nitrogen and oxygen atoms in total. The summed E-state index contributed by atoms with van der Waals surface area (Å²) in [5, 5.41) is 2.72. The van der Waals surface area contributed by atoms with Gasteiger partial charge in [-0.1, -0.05) is 29.8 Å². The summed E-state index contributed by atoms with van der Waals surface area (Å²) in [4.78, 5) is 37.8. The van der Waals surface area contributed by atoms with Gasteiger partial charge in [0.2, 0.25) is 5.91 Å². The van der Waals surface area contributed by atoms with Gasteiger partial charge in [-0.05, 0) is 56.7 Å². The molecule has 0 heterocycles. The van der Waals surface area contributed by atoms with E-state index in [-0.39, 0.29) is 12.5 Å². The van der Waals surface area contributed by atoms with Gasteiger partial charge < -0.3 is 19.7 Å². The maximum absolute atomic E-state index is 12.4. The zero-order valence-corrected chi connectivity index (χ0v) is 18.3. The summed E-state index contributed by atoms with van der Waals surface area (Å²) < 4.78 is 10.5. The van der Waals surface area contributed by atoms with Gasteiger partial charge in [0.15, 0.2) is 6.10 Å². The number of nitrogens with one attached hydrogen (secondary N) is 1. The molecule has 0 saturated heterocycles. The summed E-state index contributed by atoms with van der Waals surface area (Å²) in [6.45, 7) is 5.75. The van der Waals surface area contributed by atoms with Crippen LogP contribution in [0.1, 0.15) is 25.0 Å². The summed E-state index contributed by atoms with van der Waals surface area (Å²) in [6, 6.07) is 14.6. The number of anilines is 1. The monoisotopic (exact) mass is 424 g/mol. The Bertz CT molecular complexity index is 920. The van der Waals surface area contributed by atoms with Gasteiger partial charge in [0.25, 0.3) is 5.91 Å². The third kappa shape index (κ3) is 7.97. The van der Waals surface area contributed by atoms with Crippen molar-refractivity contribution in [3.8, 4) is 5.75 Å². The minimum atomic E-state index is -1.02. The number of amides is 2. The number of esters is 1. The molecule has 2 rings (SSSR count). The van der Waals surface area contributed by atoms with Gasteiger partial charge in [0.05, 0.1) is 13.2 Å². The van der Waals surface area contributed by atoms with Crippen LogP contribution in [-0.4, -0.2) is 49.0 Å². The predicted molar refractivity (Wildman–Crippen MR) is 120 cm³/mol. The average Bonchev–Trinajstić information content (AvgIpc) is 2.74. The normalized spacial score (nSPS) is 11.6. The van der Waals surface area contributed by atoms with Gasteiger partial charge in [-0.15, -0.1) is 0 Å². The van der Waals surface area contributed by atoms with Gasteiger partial charge in [0, 0.05) is 18.8 Å². The molecule has 0 aliphatic rings. The van der Waals surface area contributed by atoms with Crippen molar-refractivity contribution in [1.29, 1.82) is 0 Å². The van der Waals surface area contributed by atoms with E-state index in [4.69, 9.17) is 9.47 Å². The van der Waals surface area contributed by atoms with Crippen molar-refractivity contribution in [3.05, 3.63) is 65.7 Å². The molecular formula is C24H28N2O5. The molecule has 0 bridgehead atoms. The Labute approximate surface area is 182 Å². The zero-order chi connectivity index (χ0) is 22.8. The first-order valence-electron chi connectivity index (χ1n) is 10.0. The lowest BCUT2D eigenvalue weighted by atomic mass is 10.2. The first kappa shape index (κ1) is 23.7. The van der Waals surface area contributed by atoms with Crippen molar-refractivity contribution in [2.75, 3.05) is 25.5 Å². The summed E-state index contributed by atoms with van der Waals surface area (Å²) in [5.41, 5.74) is 2.53. The Morgan fingerprint density at radius 3 is 2.32 bits per heavy atom. The van der Waals surface area contributed by atoms with Crippen LogP contribution in [0.4, 0.5) is 5.69 Å². The second kappa shape index (κ2) is 11.5. The second-order valence-corrected chi connectivity index (χ2v) is 7.02. The highest BCUT2D eigenvalue weighted by Gasteiger charge is 2.22. The minimum Gasteiger partial charge on any atom is -0.494 e. The van der Waals surface area contributed by atoms with Gasteiger partial charge in [0.1, 0.15) is 5.75 Å². The lowest BCUT2D eigenvalue weighted by molar-refractivity contribution is -0.154. The van der Waals surface area contributed by atoms with Crippen LogP contribution in [0.5, 0.6) is 5.75 Å². The molecule has 0 saturated carbocycles. The SMILES string of the molecule is CCOc1ccc(/C=C/C(=O)O[C@H](C)C(=O)N(C)CC(=O)Nc2ccc(C)cc2)cc1. The molecule has 31 heavy (non-hydrogen) atoms. The summed E-state index contributed by atoms with van der Waals surface area (Å²) in [5.74, 6) is -0.710. The van der Waals surface area contributed by atoms with Crippen LogP contribution >= 0.6 is 0 Å². The van der Waals surface area contributed by atoms with Crippen molar-refractivity contribution in [3.63, 3.8) is 0 Å². The number of hydrogen-bond acceptors (Lipinski definition) is 5. The summed E-state index contributed by atoms with van der Waals surface area (Å²) in [7, 11) is 1.48. The molecule has 1 atom stereocenters. The zero-order valence-electron chi connectivity index (χ0n) is 18.3. The van der Waals surface area contributed by atoms with Gasteiger partial charge >= 0.3 is 5.97 Å². The Hall–Kier alpha value is -3.61. The summed E-state index contributed by atoms with van der Waals surface area (Å²) in [6.07, 6.45) is 1.83. The van der Waals surface area contributed by atoms with Crippen molar-refractivity contribution >= 4 is 29.5 Å². The van der Waals surface area contributed by atoms with Crippen molar-refractivity contribution in [1.82, 2.24) is 4.90 Å². The van der Waals surface area contributed by atoms with E-state index < -0.39 is 18.0 Å². The lowest BCUT2D eigenvalue weighted by Crippen LogP contribution is -2.41. The fraction of sp³-hybridized carbons (Fsp3) is 0.292. The maximum Gasteiger partial charge on any atom is 0.331 e. The minimum absolute atomic E-state index is 0.156. The molecule has 0 aliphatic carbocycles. The lowest BCUT2D eigenvalue weighted by Gasteiger charge is -2.20. The molecule has 7 heteroatoms. The molecule has 0 aliphatic heterocycles. The van der Waals surface area contributed by atoms with Crippen LogP contribution in [-0.2, 0) is 19.1 Å². The molecule has 2 aromatic rings. The molecule has 2 amide bonds. The standard InChI is InChI=1S/C24H28N2O5/c1-5-30-21-13-8-19(9-14-21)10-15-23(28)31-18(3)24(29)26(4)16-22(27)25-20-11-6-17(2)7-12-20/h6-15,18H,5,16H2,1-4H3,(H,25,27)/b15-10+/t18-/m1/s1. The van der Waals surface area contributed by atoms with E-state index in [1.807, 2.05) is 38.1 Å². The van der Waals surface area contributed by atoms with E-state index in [1.54, 1.807) is 30.3 Å². The van der Waals surface area contributed by atoms with Crippen LogP contribution in [0.15, 0.2) is 54.6 Å². The first-order valence-corrected chi connectivity index (χ1v) is 10.0. The van der Waals surface area contributed by atoms with Crippen molar-refractivity contribution < 1.29 is 23.9 Å². The van der Waals surface area contributed by atoms with Crippen LogP contribution < -0.4 is 10.1 Å². The molecule has 0 fully saturated rings. The van der Waals surface area contributed by atoms with E-state index in [2.05, 4.69) is 5.32 Å². The highest BCUT2D eigenvalue weighted by molar-refractivity contribution is 5.95. The van der Waals surface area contributed by atoms with Crippen LogP contribution in [0.25, 0.3) is 6.08 Å². The number of likely N-dealkylation sites (N-methyl/N-ethyl adjacent to an activating group) is 1. The number of carbonyl (C=O) groups excluding carboxylic acids is 3. The number of rotatable bonds is 9. The Kier molecular flexibility index (Phi) is 8.81. The van der Waals surface area contributed by atoms with Crippen molar-refractivity contribution in [2.45, 2.75) is 26.9 Å². The molecule has 0 aromatic heterocycles. The number of hydrogen-bond donors (Lipinski definition) is 1. The average molecular weight is 424 g/mol. The topological polar surface area (TPSA) is 84.9 Å². The third-order valence-corrected chi connectivity index (χ3v) is 4.34. The highest BCUT2D eigenvalue weighted by atomic mass is 16.5. The van der Waals surface area contributed by atoms with E-state index in [0.717, 1.165) is 16.9 Å². The Morgan fingerprint density at radius 2 is 1.71 bits per heavy atom. The number of ether oxygens (including phenoxy) is 2. The second-order valence-electron chi connectivity index (χ2n) is 7.02. The fourth-order valence-electron chi connectivity index (χ4n) is 2.71. The predicted octanol–water partition coefficient (Wildman–Crippen LogP) is 3.44. The van der Waals surface area contributed by atoms with Crippen LogP contribution in [0.2, 0.25) is 0 Å². The molecule has 0 radical (unpaired) electrons. The first-order chi connectivity index (χ1) is 14.8. The molecule has 0 spiro atoms. The van der Waals surface area contributed by atoms with E-state index in [1.165, 1.54) is 24.9 Å². The number of aryl methyl sites for hydroxylation is 1. The van der Waals surface area contributed by atoms with Crippen molar-refractivity contribution in [2.24, 2.45) is 0 Å². The largest absolute Gasteiger partial charge is 0.494 e. The molecule has 164 valence electrons. The number of nitrogens with zero attached hydrogens (tertiary/aromatic N) is 1. The molecule has 1 N–H and O–H groups in total. The van der Waals surface area contributed by atoms with Gasteiger partial charge in [-0.25, -0.2) is 4.79 Å². The van der Waals surface area contributed by atoms with Gasteiger partial charge in [-0.3, -0.25) is 9.59 Å². The fourth-order valence-corrected chi connectivity index (χ4v) is 2.71. The number of benzene rings is 2. The Morgan fingerprint density at radius 1 is 1.06 bits per heavy atom.